The Bertz CT molecular complexity index is 2080. The largest absolute Gasteiger partial charge is 0.427 e. The van der Waals surface area contributed by atoms with Crippen molar-refractivity contribution in [2.24, 2.45) is 23.7 Å². The highest BCUT2D eigenvalue weighted by molar-refractivity contribution is 6.74. The summed E-state index contributed by atoms with van der Waals surface area (Å²) >= 11 is 0. The van der Waals surface area contributed by atoms with E-state index in [0.717, 1.165) is 81.5 Å². The Balaban J connectivity index is 1.41. The maximum Gasteiger partial charge on any atom is 0.311 e. The molecule has 0 spiro atoms. The van der Waals surface area contributed by atoms with E-state index in [1.807, 2.05) is 13.0 Å². The summed E-state index contributed by atoms with van der Waals surface area (Å²) in [6, 6.07) is 16.1. The first-order valence-electron chi connectivity index (χ1n) is 23.5. The fourth-order valence-electron chi connectivity index (χ4n) is 9.64. The molecule has 3 aromatic rings. The van der Waals surface area contributed by atoms with E-state index in [1.54, 1.807) is 18.2 Å². The van der Waals surface area contributed by atoms with Gasteiger partial charge in [-0.25, -0.2) is 0 Å². The van der Waals surface area contributed by atoms with Gasteiger partial charge in [-0.2, -0.15) is 0 Å². The van der Waals surface area contributed by atoms with Crippen molar-refractivity contribution in [2.75, 3.05) is 31.5 Å². The molecule has 62 heavy (non-hydrogen) atoms. The highest BCUT2D eigenvalue weighted by atomic mass is 28.4. The maximum absolute atomic E-state index is 14.4. The van der Waals surface area contributed by atoms with Gasteiger partial charge in [0.05, 0.1) is 11.1 Å². The van der Waals surface area contributed by atoms with Crippen LogP contribution in [-0.4, -0.2) is 68.3 Å². The third-order valence-corrected chi connectivity index (χ3v) is 18.9. The van der Waals surface area contributed by atoms with Gasteiger partial charge < -0.3 is 29.7 Å². The minimum atomic E-state index is -2.16. The molecular weight excluding hydrogens is 789 g/mol. The molecule has 2 aromatic carbocycles. The first-order valence-corrected chi connectivity index (χ1v) is 26.5. The lowest BCUT2D eigenvalue weighted by atomic mass is 9.79. The highest BCUT2D eigenvalue weighted by Crippen LogP contribution is 2.50. The summed E-state index contributed by atoms with van der Waals surface area (Å²) in [5.74, 6) is 1.26. The molecule has 1 saturated carbocycles. The highest BCUT2D eigenvalue weighted by Gasteiger charge is 2.48. The minimum absolute atomic E-state index is 0.0599. The van der Waals surface area contributed by atoms with Gasteiger partial charge in [-0.15, -0.1) is 0 Å². The number of nitrogens with one attached hydrogen (secondary N) is 3. The molecule has 336 valence electrons. The van der Waals surface area contributed by atoms with Crippen LogP contribution < -0.4 is 15.4 Å². The monoisotopic (exact) mass is 863 g/mol. The average molecular weight is 863 g/mol. The van der Waals surface area contributed by atoms with Crippen molar-refractivity contribution < 1.29 is 23.5 Å². The number of hydrogen-bond acceptors (Lipinski definition) is 6. The Morgan fingerprint density at radius 3 is 2.53 bits per heavy atom. The second-order valence-corrected chi connectivity index (χ2v) is 24.5. The second kappa shape index (κ2) is 21.0. The fourth-order valence-corrected chi connectivity index (χ4v) is 11.0. The molecule has 1 aliphatic carbocycles. The van der Waals surface area contributed by atoms with Crippen molar-refractivity contribution in [3.05, 3.63) is 94.3 Å². The molecule has 3 N–H and O–H groups in total. The smallest absolute Gasteiger partial charge is 0.311 e. The van der Waals surface area contributed by atoms with Crippen LogP contribution in [0.4, 0.5) is 5.69 Å². The zero-order chi connectivity index (χ0) is 44.6. The molecule has 1 aromatic heterocycles. The molecule has 9 nitrogen and oxygen atoms in total. The molecule has 0 saturated heterocycles. The SMILES string of the molecule is CCN(CC)CCNC(=O)c1c(C)[nH]c2c1C[C@H]1C[C@@H](O[Si](C)(C)C(C)(C)C)[C@H](CC[C@H](C)CCc3ccccc3)C1C/C=C\CCCC(=O)Oc1ccc3c(c1)C(=C2)C(=O)N3. The number of fused-ring (bicyclic) bond motifs is 3. The van der Waals surface area contributed by atoms with Gasteiger partial charge in [0.2, 0.25) is 0 Å². The number of anilines is 1. The van der Waals surface area contributed by atoms with Gasteiger partial charge in [0.15, 0.2) is 8.32 Å². The number of esters is 1. The number of rotatable bonds is 14. The summed E-state index contributed by atoms with van der Waals surface area (Å²) in [5.41, 5.74) is 6.38. The number of carbonyl (C=O) groups is 3. The topological polar surface area (TPSA) is 113 Å². The van der Waals surface area contributed by atoms with Gasteiger partial charge >= 0.3 is 5.97 Å². The average Bonchev–Trinajstić information content (AvgIpc) is 3.83. The Kier molecular flexibility index (Phi) is 16.0. The van der Waals surface area contributed by atoms with Gasteiger partial charge in [-0.1, -0.05) is 90.4 Å². The van der Waals surface area contributed by atoms with E-state index in [4.69, 9.17) is 9.16 Å². The number of ether oxygens (including phenoxy) is 1. The van der Waals surface area contributed by atoms with Crippen molar-refractivity contribution in [2.45, 2.75) is 137 Å². The summed E-state index contributed by atoms with van der Waals surface area (Å²) in [6.45, 7) is 23.6. The van der Waals surface area contributed by atoms with Crippen LogP contribution in [0.3, 0.4) is 0 Å². The lowest BCUT2D eigenvalue weighted by molar-refractivity contribution is -0.134. The number of nitrogens with zero attached hydrogens (tertiary/aromatic N) is 1. The van der Waals surface area contributed by atoms with E-state index in [0.29, 0.717) is 71.7 Å². The van der Waals surface area contributed by atoms with Crippen molar-refractivity contribution in [1.29, 1.82) is 0 Å². The summed E-state index contributed by atoms with van der Waals surface area (Å²) < 4.78 is 13.3. The molecule has 2 aliphatic heterocycles. The van der Waals surface area contributed by atoms with E-state index in [2.05, 4.69) is 118 Å². The molecule has 6 rings (SSSR count). The van der Waals surface area contributed by atoms with Gasteiger partial charge in [0.25, 0.3) is 11.8 Å². The van der Waals surface area contributed by atoms with Crippen molar-refractivity contribution in [3.63, 3.8) is 0 Å². The predicted octanol–water partition coefficient (Wildman–Crippen LogP) is 11.2. The Hall–Kier alpha value is -4.25. The molecule has 10 heteroatoms. The zero-order valence-electron chi connectivity index (χ0n) is 39.1. The summed E-state index contributed by atoms with van der Waals surface area (Å²) in [5, 5.41) is 6.34. The molecule has 2 amide bonds. The van der Waals surface area contributed by atoms with E-state index in [1.165, 1.54) is 5.56 Å². The number of aryl methyl sites for hydroxylation is 2. The molecule has 1 unspecified atom stereocenters. The van der Waals surface area contributed by atoms with Crippen LogP contribution in [0.1, 0.15) is 131 Å². The van der Waals surface area contributed by atoms with Crippen molar-refractivity contribution in [1.82, 2.24) is 15.2 Å². The number of H-pyrrole nitrogens is 1. The van der Waals surface area contributed by atoms with E-state index in [9.17, 15) is 14.4 Å². The number of aromatic amines is 1. The fraction of sp³-hybridized carbons (Fsp3) is 0.558. The Labute approximate surface area is 373 Å². The van der Waals surface area contributed by atoms with Crippen molar-refractivity contribution >= 4 is 43.4 Å². The maximum atomic E-state index is 14.4. The van der Waals surface area contributed by atoms with E-state index >= 15 is 0 Å². The number of benzene rings is 2. The predicted molar refractivity (Wildman–Crippen MR) is 256 cm³/mol. The number of likely N-dealkylation sites (N-methyl/N-ethyl adjacent to an activating group) is 1. The van der Waals surface area contributed by atoms with Crippen LogP contribution in [0.5, 0.6) is 5.75 Å². The summed E-state index contributed by atoms with van der Waals surface area (Å²) in [7, 11) is -2.16. The summed E-state index contributed by atoms with van der Waals surface area (Å²) in [4.78, 5) is 47.0. The van der Waals surface area contributed by atoms with Crippen LogP contribution in [0, 0.1) is 30.6 Å². The first kappa shape index (κ1) is 47.2. The van der Waals surface area contributed by atoms with Gasteiger partial charge in [-0.05, 0) is 149 Å². The zero-order valence-corrected chi connectivity index (χ0v) is 40.1. The van der Waals surface area contributed by atoms with Gasteiger partial charge in [0, 0.05) is 48.3 Å². The number of aromatic nitrogens is 1. The normalized spacial score (nSPS) is 21.9. The van der Waals surface area contributed by atoms with Crippen LogP contribution in [0.2, 0.25) is 18.1 Å². The molecule has 3 aliphatic rings. The molecule has 3 heterocycles. The Morgan fingerprint density at radius 2 is 1.81 bits per heavy atom. The standard InChI is InChI=1S/C52H74N4O5Si/c1-10-56(11-2)30-29-53-51(59)49-36(4)54-46-34-43-42-33-39(26-28-45(42)55-50(43)58)60-48(57)22-18-13-12-17-21-40-38(31-44(46)49)32-47(61-62(8,9)52(5,6)7)41(40)27-24-35(3)23-25-37-19-15-14-16-20-37/h12,14-17,19-20,26,28,33-35,38,40-41,47,54H,10-11,13,18,21-25,27,29-32H2,1-9H3,(H,53,59)(H,55,58)/b17-12-,43-34?/t35-,38+,40?,41-,47-/m1/s1. The minimum Gasteiger partial charge on any atom is -0.427 e. The third-order valence-electron chi connectivity index (χ3n) is 14.4. The van der Waals surface area contributed by atoms with Crippen LogP contribution >= 0.6 is 0 Å². The van der Waals surface area contributed by atoms with E-state index in [-0.39, 0.29) is 34.8 Å². The second-order valence-electron chi connectivity index (χ2n) is 19.7. The third kappa shape index (κ3) is 11.7. The molecule has 2 bridgehead atoms. The van der Waals surface area contributed by atoms with Crippen LogP contribution in [0.25, 0.3) is 11.6 Å². The molecule has 5 atom stereocenters. The van der Waals surface area contributed by atoms with Crippen LogP contribution in [-0.2, 0) is 26.9 Å². The lowest BCUT2D eigenvalue weighted by Crippen LogP contribution is -2.45. The summed E-state index contributed by atoms with van der Waals surface area (Å²) in [6.07, 6.45) is 15.3. The molecule has 1 fully saturated rings. The van der Waals surface area contributed by atoms with Gasteiger partial charge in [0.1, 0.15) is 5.75 Å². The number of carbonyl (C=O) groups excluding carboxylic acids is 3. The first-order chi connectivity index (χ1) is 29.6. The van der Waals surface area contributed by atoms with Gasteiger partial charge in [-0.3, -0.25) is 14.4 Å². The van der Waals surface area contributed by atoms with Crippen LogP contribution in [0.15, 0.2) is 60.7 Å². The molecule has 0 radical (unpaired) electrons. The lowest BCUT2D eigenvalue weighted by Gasteiger charge is -2.40. The quantitative estimate of drug-likeness (QED) is 0.0644. The number of amides is 2. The molecular formula is C52H74N4O5Si. The number of allylic oxidation sites excluding steroid dienone is 2. The Morgan fingerprint density at radius 1 is 1.05 bits per heavy atom. The van der Waals surface area contributed by atoms with Crippen molar-refractivity contribution in [3.8, 4) is 5.75 Å². The van der Waals surface area contributed by atoms with E-state index < -0.39 is 8.32 Å². The number of hydrogen-bond donors (Lipinski definition) is 3.